The van der Waals surface area contributed by atoms with Gasteiger partial charge in [-0.3, -0.25) is 0 Å². The molecule has 1 saturated heterocycles. The third kappa shape index (κ3) is 2.24. The van der Waals surface area contributed by atoms with Gasteiger partial charge in [0.2, 0.25) is 0 Å². The smallest absolute Gasteiger partial charge is 0.132 e. The first-order chi connectivity index (χ1) is 8.74. The zero-order chi connectivity index (χ0) is 12.5. The first-order valence-electron chi connectivity index (χ1n) is 6.37. The second-order valence-corrected chi connectivity index (χ2v) is 5.70. The van der Waals surface area contributed by atoms with Crippen LogP contribution in [0.1, 0.15) is 18.7 Å². The van der Waals surface area contributed by atoms with Gasteiger partial charge in [0.05, 0.1) is 5.52 Å². The molecule has 4 nitrogen and oxygen atoms in total. The number of pyridine rings is 1. The second kappa shape index (κ2) is 4.90. The third-order valence-corrected chi connectivity index (χ3v) is 4.14. The van der Waals surface area contributed by atoms with E-state index in [4.69, 9.17) is 5.73 Å². The number of hydrogen-bond donors (Lipinski definition) is 2. The van der Waals surface area contributed by atoms with Crippen molar-refractivity contribution >= 4 is 27.1 Å². The maximum atomic E-state index is 5.86. The van der Waals surface area contributed by atoms with Gasteiger partial charge in [0, 0.05) is 18.3 Å². The Kier molecular flexibility index (Phi) is 3.26. The van der Waals surface area contributed by atoms with E-state index >= 15 is 0 Å². The van der Waals surface area contributed by atoms with Crippen LogP contribution in [-0.4, -0.2) is 22.5 Å². The molecule has 1 unspecified atom stereocenters. The summed E-state index contributed by atoms with van der Waals surface area (Å²) in [6.45, 7) is 2.24. The summed E-state index contributed by atoms with van der Waals surface area (Å²) >= 11 is 3.52. The molecule has 1 aliphatic heterocycles. The molecular weight excluding hydrogens is 292 g/mol. The van der Waals surface area contributed by atoms with E-state index in [9.17, 15) is 0 Å². The highest BCUT2D eigenvalue weighted by Crippen LogP contribution is 2.23. The lowest BCUT2D eigenvalue weighted by molar-refractivity contribution is 0.370. The molecule has 0 spiro atoms. The van der Waals surface area contributed by atoms with Gasteiger partial charge < -0.3 is 15.5 Å². The average molecular weight is 309 g/mol. The van der Waals surface area contributed by atoms with Crippen LogP contribution in [-0.2, 0) is 6.42 Å². The number of nitrogen functional groups attached to an aromatic ring is 1. The monoisotopic (exact) mass is 308 g/mol. The van der Waals surface area contributed by atoms with Crippen molar-refractivity contribution < 1.29 is 0 Å². The number of piperidine rings is 1. The lowest BCUT2D eigenvalue weighted by Gasteiger charge is -2.22. The molecule has 5 heteroatoms. The minimum atomic E-state index is 0.678. The fraction of sp³-hybridized carbons (Fsp3) is 0.462. The Balaban J connectivity index is 1.93. The molecule has 0 amide bonds. The van der Waals surface area contributed by atoms with Crippen LogP contribution in [0.25, 0.3) is 5.52 Å². The summed E-state index contributed by atoms with van der Waals surface area (Å²) in [4.78, 5) is 4.62. The van der Waals surface area contributed by atoms with E-state index in [0.29, 0.717) is 5.92 Å². The first-order valence-corrected chi connectivity index (χ1v) is 7.16. The van der Waals surface area contributed by atoms with E-state index in [0.717, 1.165) is 41.1 Å². The largest absolute Gasteiger partial charge is 0.398 e. The van der Waals surface area contributed by atoms with Crippen LogP contribution in [0.3, 0.4) is 0 Å². The minimum Gasteiger partial charge on any atom is -0.398 e. The van der Waals surface area contributed by atoms with Crippen molar-refractivity contribution in [3.05, 3.63) is 28.8 Å². The van der Waals surface area contributed by atoms with E-state index in [2.05, 4.69) is 30.6 Å². The molecular formula is C13H17BrN4. The van der Waals surface area contributed by atoms with Gasteiger partial charge in [-0.2, -0.15) is 0 Å². The molecule has 0 bridgehead atoms. The highest BCUT2D eigenvalue weighted by atomic mass is 79.9. The Labute approximate surface area is 115 Å². The third-order valence-electron chi connectivity index (χ3n) is 3.56. The molecule has 18 heavy (non-hydrogen) atoms. The minimum absolute atomic E-state index is 0.678. The van der Waals surface area contributed by atoms with E-state index in [-0.39, 0.29) is 0 Å². The molecule has 3 rings (SSSR count). The molecule has 2 aromatic rings. The predicted octanol–water partition coefficient (Wildman–Crippen LogP) is 2.22. The fourth-order valence-electron chi connectivity index (χ4n) is 2.62. The molecule has 3 heterocycles. The van der Waals surface area contributed by atoms with Gasteiger partial charge in [0.1, 0.15) is 10.4 Å². The van der Waals surface area contributed by atoms with Crippen LogP contribution in [0.4, 0.5) is 5.69 Å². The number of imidazole rings is 1. The number of aromatic nitrogens is 2. The van der Waals surface area contributed by atoms with Crippen molar-refractivity contribution in [1.29, 1.82) is 0 Å². The molecule has 0 saturated carbocycles. The Morgan fingerprint density at radius 1 is 1.50 bits per heavy atom. The first kappa shape index (κ1) is 12.0. The molecule has 0 radical (unpaired) electrons. The number of nitrogens with zero attached hydrogens (tertiary/aromatic N) is 2. The number of nitrogens with two attached hydrogens (primary N) is 1. The van der Waals surface area contributed by atoms with E-state index in [1.807, 2.05) is 18.3 Å². The Hall–Kier alpha value is -1.07. The number of anilines is 1. The Bertz CT molecular complexity index is 557. The number of rotatable bonds is 2. The van der Waals surface area contributed by atoms with Crippen molar-refractivity contribution in [2.45, 2.75) is 19.3 Å². The van der Waals surface area contributed by atoms with Gasteiger partial charge in [0.25, 0.3) is 0 Å². The summed E-state index contributed by atoms with van der Waals surface area (Å²) in [6.07, 6.45) is 5.50. The summed E-state index contributed by atoms with van der Waals surface area (Å²) in [7, 11) is 0. The lowest BCUT2D eigenvalue weighted by atomic mass is 9.96. The molecule has 0 aromatic carbocycles. The Morgan fingerprint density at radius 2 is 2.39 bits per heavy atom. The van der Waals surface area contributed by atoms with Crippen molar-refractivity contribution in [3.63, 3.8) is 0 Å². The van der Waals surface area contributed by atoms with Crippen molar-refractivity contribution in [2.24, 2.45) is 5.92 Å². The van der Waals surface area contributed by atoms with Crippen LogP contribution in [0, 0.1) is 5.92 Å². The second-order valence-electron chi connectivity index (χ2n) is 4.95. The molecule has 0 aliphatic carbocycles. The normalized spacial score (nSPS) is 20.4. The van der Waals surface area contributed by atoms with Crippen LogP contribution in [0.5, 0.6) is 0 Å². The summed E-state index contributed by atoms with van der Waals surface area (Å²) in [5.41, 5.74) is 7.72. The molecule has 1 aliphatic rings. The maximum Gasteiger partial charge on any atom is 0.132 e. The lowest BCUT2D eigenvalue weighted by Crippen LogP contribution is -2.31. The van der Waals surface area contributed by atoms with E-state index in [1.165, 1.54) is 12.8 Å². The maximum absolute atomic E-state index is 5.86. The fourth-order valence-corrected chi connectivity index (χ4v) is 3.15. The van der Waals surface area contributed by atoms with Gasteiger partial charge in [0.15, 0.2) is 0 Å². The quantitative estimate of drug-likeness (QED) is 0.894. The highest BCUT2D eigenvalue weighted by Gasteiger charge is 2.17. The van der Waals surface area contributed by atoms with Gasteiger partial charge in [-0.15, -0.1) is 0 Å². The Morgan fingerprint density at radius 3 is 3.17 bits per heavy atom. The number of nitrogens with one attached hydrogen (secondary N) is 1. The van der Waals surface area contributed by atoms with Crippen molar-refractivity contribution in [2.75, 3.05) is 18.8 Å². The molecule has 1 atom stereocenters. The number of halogens is 1. The topological polar surface area (TPSA) is 55.3 Å². The zero-order valence-electron chi connectivity index (χ0n) is 10.2. The van der Waals surface area contributed by atoms with Crippen LogP contribution < -0.4 is 11.1 Å². The van der Waals surface area contributed by atoms with Crippen LogP contribution in [0.15, 0.2) is 22.9 Å². The van der Waals surface area contributed by atoms with Gasteiger partial charge >= 0.3 is 0 Å². The van der Waals surface area contributed by atoms with Crippen molar-refractivity contribution in [3.8, 4) is 0 Å². The van der Waals surface area contributed by atoms with Crippen molar-refractivity contribution in [1.82, 2.24) is 14.7 Å². The standard InChI is InChI=1S/C13H17BrN4/c14-13-11-4-3-10(15)8-18(11)12(17-13)6-9-2-1-5-16-7-9/h3-4,8-9,16H,1-2,5-7,15H2. The van der Waals surface area contributed by atoms with Gasteiger partial charge in [-0.25, -0.2) is 4.98 Å². The summed E-state index contributed by atoms with van der Waals surface area (Å²) in [5.74, 6) is 1.77. The van der Waals surface area contributed by atoms with E-state index in [1.54, 1.807) is 0 Å². The number of fused-ring (bicyclic) bond motifs is 1. The van der Waals surface area contributed by atoms with E-state index < -0.39 is 0 Å². The number of hydrogen-bond acceptors (Lipinski definition) is 3. The molecule has 96 valence electrons. The van der Waals surface area contributed by atoms with Crippen LogP contribution >= 0.6 is 15.9 Å². The zero-order valence-corrected chi connectivity index (χ0v) is 11.8. The predicted molar refractivity (Wildman–Crippen MR) is 76.6 cm³/mol. The highest BCUT2D eigenvalue weighted by molar-refractivity contribution is 9.10. The van der Waals surface area contributed by atoms with Crippen LogP contribution in [0.2, 0.25) is 0 Å². The van der Waals surface area contributed by atoms with Gasteiger partial charge in [-0.05, 0) is 59.9 Å². The summed E-state index contributed by atoms with van der Waals surface area (Å²) in [6, 6.07) is 3.92. The summed E-state index contributed by atoms with van der Waals surface area (Å²) in [5, 5.41) is 3.45. The molecule has 1 fully saturated rings. The SMILES string of the molecule is Nc1ccc2c(Br)nc(CC3CCCNC3)n2c1. The molecule has 2 aromatic heterocycles. The molecule has 3 N–H and O–H groups in total. The average Bonchev–Trinajstić information content (AvgIpc) is 2.67. The summed E-state index contributed by atoms with van der Waals surface area (Å²) < 4.78 is 3.01. The van der Waals surface area contributed by atoms with Gasteiger partial charge in [-0.1, -0.05) is 0 Å².